The maximum absolute atomic E-state index is 11.8. The Balaban J connectivity index is 1.69. The van der Waals surface area contributed by atoms with E-state index in [2.05, 4.69) is 20.9 Å². The Labute approximate surface area is 182 Å². The van der Waals surface area contributed by atoms with Gasteiger partial charge in [0.05, 0.1) is 16.0 Å². The zero-order valence-corrected chi connectivity index (χ0v) is 18.5. The highest BCUT2D eigenvalue weighted by Gasteiger charge is 2.20. The lowest BCUT2D eigenvalue weighted by atomic mass is 10.2. The summed E-state index contributed by atoms with van der Waals surface area (Å²) < 4.78 is 18.1. The molecule has 152 valence electrons. The quantitative estimate of drug-likeness (QED) is 0.444. The molecule has 0 aliphatic carbocycles. The smallest absolute Gasteiger partial charge is 0.286 e. The van der Waals surface area contributed by atoms with Gasteiger partial charge in [0.1, 0.15) is 19.0 Å². The number of carbonyl (C=O) groups is 1. The van der Waals surface area contributed by atoms with Crippen molar-refractivity contribution in [3.05, 3.63) is 56.9 Å². The van der Waals surface area contributed by atoms with Crippen LogP contribution < -0.4 is 19.9 Å². The Morgan fingerprint density at radius 3 is 2.66 bits per heavy atom. The number of amidine groups is 1. The predicted molar refractivity (Wildman–Crippen MR) is 120 cm³/mol. The fourth-order valence-corrected chi connectivity index (χ4v) is 3.92. The first-order chi connectivity index (χ1) is 14.0. The number of nitrogens with two attached hydrogens (primary N) is 1. The SMILES string of the molecule is CCOc1cc(C=C2SC(N)=NC2=O)cc(Br)c1OCCOc1cccc(C)c1. The molecule has 0 unspecified atom stereocenters. The second-order valence-electron chi connectivity index (χ2n) is 6.14. The van der Waals surface area contributed by atoms with Gasteiger partial charge in [0.2, 0.25) is 0 Å². The molecule has 0 saturated heterocycles. The van der Waals surface area contributed by atoms with E-state index in [1.807, 2.05) is 50.2 Å². The number of aryl methyl sites for hydroxylation is 1. The number of carbonyl (C=O) groups excluding carboxylic acids is 1. The standard InChI is InChI=1S/C21H21BrN2O4S/c1-3-26-17-11-14(12-18-20(25)24-21(23)29-18)10-16(22)19(17)28-8-7-27-15-6-4-5-13(2)9-15/h4-6,9-12H,3,7-8H2,1-2H3,(H2,23,24,25). The first kappa shape index (κ1) is 21.3. The predicted octanol–water partition coefficient (Wildman–Crippen LogP) is 4.54. The maximum Gasteiger partial charge on any atom is 0.286 e. The van der Waals surface area contributed by atoms with E-state index in [0.717, 1.165) is 33.1 Å². The van der Waals surface area contributed by atoms with Crippen LogP contribution in [0.5, 0.6) is 17.2 Å². The van der Waals surface area contributed by atoms with Gasteiger partial charge >= 0.3 is 0 Å². The van der Waals surface area contributed by atoms with E-state index in [-0.39, 0.29) is 11.1 Å². The summed E-state index contributed by atoms with van der Waals surface area (Å²) in [7, 11) is 0. The van der Waals surface area contributed by atoms with Crippen LogP contribution in [0.2, 0.25) is 0 Å². The van der Waals surface area contributed by atoms with Crippen molar-refractivity contribution < 1.29 is 19.0 Å². The fraction of sp³-hybridized carbons (Fsp3) is 0.238. The molecule has 2 N–H and O–H groups in total. The molecule has 8 heteroatoms. The van der Waals surface area contributed by atoms with Gasteiger partial charge in [-0.1, -0.05) is 12.1 Å². The molecule has 3 rings (SSSR count). The number of nitrogens with zero attached hydrogens (tertiary/aromatic N) is 1. The van der Waals surface area contributed by atoms with E-state index in [1.54, 1.807) is 6.08 Å². The molecule has 0 bridgehead atoms. The minimum atomic E-state index is -0.338. The van der Waals surface area contributed by atoms with Crippen LogP contribution in [0.15, 0.2) is 50.8 Å². The molecule has 1 heterocycles. The normalized spacial score (nSPS) is 14.8. The third kappa shape index (κ3) is 5.77. The van der Waals surface area contributed by atoms with Crippen molar-refractivity contribution in [1.29, 1.82) is 0 Å². The first-order valence-electron chi connectivity index (χ1n) is 9.03. The van der Waals surface area contributed by atoms with Crippen LogP contribution in [0.25, 0.3) is 6.08 Å². The van der Waals surface area contributed by atoms with E-state index in [1.165, 1.54) is 0 Å². The molecule has 0 atom stereocenters. The molecule has 2 aromatic carbocycles. The van der Waals surface area contributed by atoms with Gasteiger partial charge in [-0.05, 0) is 83.0 Å². The minimum absolute atomic E-state index is 0.249. The van der Waals surface area contributed by atoms with Gasteiger partial charge in [-0.25, -0.2) is 0 Å². The van der Waals surface area contributed by atoms with Crippen molar-refractivity contribution in [1.82, 2.24) is 0 Å². The van der Waals surface area contributed by atoms with Crippen molar-refractivity contribution >= 4 is 44.8 Å². The van der Waals surface area contributed by atoms with Crippen LogP contribution in [0.1, 0.15) is 18.1 Å². The number of hydrogen-bond acceptors (Lipinski definition) is 6. The largest absolute Gasteiger partial charge is 0.490 e. The molecule has 2 aromatic rings. The summed E-state index contributed by atoms with van der Waals surface area (Å²) in [5.41, 5.74) is 7.53. The average molecular weight is 477 g/mol. The Kier molecular flexibility index (Phi) is 7.22. The number of ether oxygens (including phenoxy) is 3. The van der Waals surface area contributed by atoms with Gasteiger partial charge in [-0.3, -0.25) is 4.79 Å². The summed E-state index contributed by atoms with van der Waals surface area (Å²) in [6, 6.07) is 11.5. The van der Waals surface area contributed by atoms with Crippen molar-refractivity contribution in [2.24, 2.45) is 10.7 Å². The number of amides is 1. The molecular weight excluding hydrogens is 456 g/mol. The maximum atomic E-state index is 11.8. The molecule has 0 spiro atoms. The first-order valence-corrected chi connectivity index (χ1v) is 10.6. The van der Waals surface area contributed by atoms with E-state index < -0.39 is 0 Å². The lowest BCUT2D eigenvalue weighted by molar-refractivity contribution is -0.113. The fourth-order valence-electron chi connectivity index (χ4n) is 2.66. The summed E-state index contributed by atoms with van der Waals surface area (Å²) in [5, 5.41) is 0.249. The molecule has 1 aliphatic heterocycles. The third-order valence-electron chi connectivity index (χ3n) is 3.85. The number of thioether (sulfide) groups is 1. The Hall–Kier alpha value is -2.45. The van der Waals surface area contributed by atoms with Gasteiger partial charge in [0.15, 0.2) is 16.7 Å². The van der Waals surface area contributed by atoms with Crippen molar-refractivity contribution in [2.45, 2.75) is 13.8 Å². The second kappa shape index (κ2) is 9.84. The van der Waals surface area contributed by atoms with Gasteiger partial charge in [0.25, 0.3) is 5.91 Å². The van der Waals surface area contributed by atoms with E-state index in [4.69, 9.17) is 19.9 Å². The summed E-state index contributed by atoms with van der Waals surface area (Å²) in [5.74, 6) is 1.63. The van der Waals surface area contributed by atoms with Gasteiger partial charge in [-0.2, -0.15) is 4.99 Å². The zero-order chi connectivity index (χ0) is 20.8. The van der Waals surface area contributed by atoms with Crippen molar-refractivity contribution in [3.8, 4) is 17.2 Å². The molecule has 1 aliphatic rings. The number of hydrogen-bond donors (Lipinski definition) is 1. The highest BCUT2D eigenvalue weighted by molar-refractivity contribution is 9.10. The Bertz CT molecular complexity index is 975. The molecule has 0 saturated carbocycles. The van der Waals surface area contributed by atoms with E-state index in [0.29, 0.717) is 36.2 Å². The van der Waals surface area contributed by atoms with Gasteiger partial charge in [0, 0.05) is 0 Å². The van der Waals surface area contributed by atoms with Crippen LogP contribution in [0.4, 0.5) is 0 Å². The minimum Gasteiger partial charge on any atom is -0.490 e. The van der Waals surface area contributed by atoms with Gasteiger partial charge in [-0.15, -0.1) is 0 Å². The highest BCUT2D eigenvalue weighted by Crippen LogP contribution is 2.38. The van der Waals surface area contributed by atoms with Crippen molar-refractivity contribution in [3.63, 3.8) is 0 Å². The monoisotopic (exact) mass is 476 g/mol. The molecule has 0 radical (unpaired) electrons. The van der Waals surface area contributed by atoms with Crippen LogP contribution in [0, 0.1) is 6.92 Å². The molecule has 1 amide bonds. The Morgan fingerprint density at radius 1 is 1.17 bits per heavy atom. The average Bonchev–Trinajstić information content (AvgIpc) is 2.97. The van der Waals surface area contributed by atoms with Crippen LogP contribution in [-0.4, -0.2) is 30.9 Å². The summed E-state index contributed by atoms with van der Waals surface area (Å²) in [6.45, 7) is 5.14. The number of benzene rings is 2. The van der Waals surface area contributed by atoms with Crippen LogP contribution in [0.3, 0.4) is 0 Å². The number of halogens is 1. The molecular formula is C21H21BrN2O4S. The topological polar surface area (TPSA) is 83.1 Å². The summed E-state index contributed by atoms with van der Waals surface area (Å²) in [4.78, 5) is 16.0. The number of rotatable bonds is 8. The summed E-state index contributed by atoms with van der Waals surface area (Å²) in [6.07, 6.45) is 1.73. The van der Waals surface area contributed by atoms with Crippen LogP contribution >= 0.6 is 27.7 Å². The second-order valence-corrected chi connectivity index (χ2v) is 8.06. The lowest BCUT2D eigenvalue weighted by Crippen LogP contribution is -2.10. The van der Waals surface area contributed by atoms with E-state index in [9.17, 15) is 4.79 Å². The zero-order valence-electron chi connectivity index (χ0n) is 16.1. The number of aliphatic imine (C=N–C) groups is 1. The third-order valence-corrected chi connectivity index (χ3v) is 5.26. The van der Waals surface area contributed by atoms with Crippen LogP contribution in [-0.2, 0) is 4.79 Å². The molecule has 6 nitrogen and oxygen atoms in total. The summed E-state index contributed by atoms with van der Waals surface area (Å²) >= 11 is 4.68. The molecule has 0 aromatic heterocycles. The Morgan fingerprint density at radius 2 is 1.97 bits per heavy atom. The lowest BCUT2D eigenvalue weighted by Gasteiger charge is -2.15. The van der Waals surface area contributed by atoms with E-state index >= 15 is 0 Å². The molecule has 29 heavy (non-hydrogen) atoms. The van der Waals surface area contributed by atoms with Gasteiger partial charge < -0.3 is 19.9 Å². The molecule has 0 fully saturated rings. The van der Waals surface area contributed by atoms with Crippen molar-refractivity contribution in [2.75, 3.05) is 19.8 Å². The highest BCUT2D eigenvalue weighted by atomic mass is 79.9.